The van der Waals surface area contributed by atoms with Gasteiger partial charge in [0.2, 0.25) is 0 Å². The van der Waals surface area contributed by atoms with Crippen LogP contribution in [0.5, 0.6) is 5.75 Å². The van der Waals surface area contributed by atoms with Crippen LogP contribution in [0.25, 0.3) is 11.3 Å². The van der Waals surface area contributed by atoms with Crippen molar-refractivity contribution < 1.29 is 4.74 Å². The highest BCUT2D eigenvalue weighted by Gasteiger charge is 2.09. The van der Waals surface area contributed by atoms with Crippen LogP contribution in [0, 0.1) is 18.3 Å². The first-order chi connectivity index (χ1) is 8.24. The molecule has 0 N–H and O–H groups in total. The summed E-state index contributed by atoms with van der Waals surface area (Å²) in [5.41, 5.74) is 1.56. The number of aryl methyl sites for hydroxylation is 1. The molecule has 2 rings (SSSR count). The molecule has 0 fully saturated rings. The van der Waals surface area contributed by atoms with Crippen LogP contribution in [-0.4, -0.2) is 22.3 Å². The van der Waals surface area contributed by atoms with E-state index in [9.17, 15) is 0 Å². The van der Waals surface area contributed by atoms with Gasteiger partial charge in [-0.3, -0.25) is 0 Å². The summed E-state index contributed by atoms with van der Waals surface area (Å²) in [6.07, 6.45) is 0. The van der Waals surface area contributed by atoms with Crippen LogP contribution in [0.2, 0.25) is 0 Å². The second-order valence-electron chi connectivity index (χ2n) is 3.40. The number of rotatable bonds is 2. The molecule has 0 aliphatic heterocycles. The van der Waals surface area contributed by atoms with E-state index in [4.69, 9.17) is 10.00 Å². The molecule has 0 spiro atoms. The van der Waals surface area contributed by atoms with Gasteiger partial charge in [-0.05, 0) is 31.2 Å². The molecule has 1 heterocycles. The first kappa shape index (κ1) is 11.0. The molecule has 0 saturated heterocycles. The first-order valence-corrected chi connectivity index (χ1v) is 5.00. The van der Waals surface area contributed by atoms with Crippen molar-refractivity contribution in [2.24, 2.45) is 0 Å². The highest BCUT2D eigenvalue weighted by molar-refractivity contribution is 5.64. The molecule has 17 heavy (non-hydrogen) atoms. The Morgan fingerprint density at radius 1 is 1.18 bits per heavy atom. The van der Waals surface area contributed by atoms with Crippen LogP contribution in [0.1, 0.15) is 11.5 Å². The smallest absolute Gasteiger partial charge is 0.170 e. The molecule has 2 aromatic rings. The summed E-state index contributed by atoms with van der Waals surface area (Å²) < 4.78 is 5.06. The SMILES string of the molecule is COc1ccc(-c2nnc(C)nc2C#N)cc1. The molecule has 0 aliphatic rings. The predicted molar refractivity (Wildman–Crippen MR) is 61.3 cm³/mol. The molecule has 84 valence electrons. The van der Waals surface area contributed by atoms with Gasteiger partial charge in [-0.1, -0.05) is 0 Å². The molecule has 0 aliphatic carbocycles. The van der Waals surface area contributed by atoms with E-state index in [1.165, 1.54) is 0 Å². The molecule has 1 aromatic heterocycles. The molecule has 0 saturated carbocycles. The van der Waals surface area contributed by atoms with E-state index in [1.807, 2.05) is 18.2 Å². The fraction of sp³-hybridized carbons (Fsp3) is 0.167. The quantitative estimate of drug-likeness (QED) is 0.779. The number of methoxy groups -OCH3 is 1. The van der Waals surface area contributed by atoms with E-state index in [0.717, 1.165) is 11.3 Å². The number of hydrogen-bond donors (Lipinski definition) is 0. The van der Waals surface area contributed by atoms with E-state index < -0.39 is 0 Å². The van der Waals surface area contributed by atoms with Crippen LogP contribution in [-0.2, 0) is 0 Å². The Balaban J connectivity index is 2.49. The zero-order valence-electron chi connectivity index (χ0n) is 9.51. The molecule has 1 aromatic carbocycles. The average molecular weight is 226 g/mol. The third-order valence-electron chi connectivity index (χ3n) is 2.26. The number of hydrogen-bond acceptors (Lipinski definition) is 5. The van der Waals surface area contributed by atoms with E-state index in [-0.39, 0.29) is 5.69 Å². The number of nitriles is 1. The Kier molecular flexibility index (Phi) is 2.97. The van der Waals surface area contributed by atoms with Gasteiger partial charge in [0, 0.05) is 5.56 Å². The number of nitrogens with zero attached hydrogens (tertiary/aromatic N) is 4. The summed E-state index contributed by atoms with van der Waals surface area (Å²) in [6.45, 7) is 1.70. The van der Waals surface area contributed by atoms with Gasteiger partial charge in [-0.2, -0.15) is 5.26 Å². The summed E-state index contributed by atoms with van der Waals surface area (Å²) >= 11 is 0. The highest BCUT2D eigenvalue weighted by atomic mass is 16.5. The van der Waals surface area contributed by atoms with Gasteiger partial charge in [0.25, 0.3) is 0 Å². The summed E-state index contributed by atoms with van der Waals surface area (Å²) in [5, 5.41) is 16.9. The lowest BCUT2D eigenvalue weighted by Crippen LogP contribution is -1.99. The first-order valence-electron chi connectivity index (χ1n) is 5.00. The minimum atomic E-state index is 0.280. The molecule has 0 radical (unpaired) electrons. The van der Waals surface area contributed by atoms with Crippen molar-refractivity contribution >= 4 is 0 Å². The molecule has 0 bridgehead atoms. The Morgan fingerprint density at radius 3 is 2.47 bits per heavy atom. The third kappa shape index (κ3) is 2.21. The Hall–Kier alpha value is -2.48. The van der Waals surface area contributed by atoms with Crippen molar-refractivity contribution in [1.29, 1.82) is 5.26 Å². The zero-order chi connectivity index (χ0) is 12.3. The highest BCUT2D eigenvalue weighted by Crippen LogP contribution is 2.21. The molecular formula is C12H10N4O. The topological polar surface area (TPSA) is 71.7 Å². The fourth-order valence-electron chi connectivity index (χ4n) is 1.43. The van der Waals surface area contributed by atoms with Gasteiger partial charge < -0.3 is 4.74 Å². The van der Waals surface area contributed by atoms with Crippen molar-refractivity contribution in [3.63, 3.8) is 0 Å². The summed E-state index contributed by atoms with van der Waals surface area (Å²) in [5.74, 6) is 1.24. The monoisotopic (exact) mass is 226 g/mol. The molecular weight excluding hydrogens is 216 g/mol. The maximum absolute atomic E-state index is 9.00. The van der Waals surface area contributed by atoms with Gasteiger partial charge in [0.15, 0.2) is 5.69 Å². The van der Waals surface area contributed by atoms with E-state index in [1.54, 1.807) is 26.2 Å². The van der Waals surface area contributed by atoms with Crippen LogP contribution in [0.4, 0.5) is 0 Å². The summed E-state index contributed by atoms with van der Waals surface area (Å²) in [6, 6.07) is 9.27. The summed E-state index contributed by atoms with van der Waals surface area (Å²) in [4.78, 5) is 4.04. The Morgan fingerprint density at radius 2 is 1.88 bits per heavy atom. The molecule has 0 unspecified atom stereocenters. The molecule has 0 amide bonds. The van der Waals surface area contributed by atoms with Crippen molar-refractivity contribution in [1.82, 2.24) is 15.2 Å². The van der Waals surface area contributed by atoms with E-state index >= 15 is 0 Å². The van der Waals surface area contributed by atoms with Gasteiger partial charge in [0.1, 0.15) is 23.3 Å². The maximum atomic E-state index is 9.00. The van der Waals surface area contributed by atoms with Crippen LogP contribution in [0.15, 0.2) is 24.3 Å². The van der Waals surface area contributed by atoms with Crippen LogP contribution in [0.3, 0.4) is 0 Å². The average Bonchev–Trinajstić information content (AvgIpc) is 2.39. The van der Waals surface area contributed by atoms with Crippen molar-refractivity contribution in [3.05, 3.63) is 35.8 Å². The molecule has 0 atom stereocenters. The van der Waals surface area contributed by atoms with E-state index in [0.29, 0.717) is 11.5 Å². The van der Waals surface area contributed by atoms with Gasteiger partial charge in [-0.15, -0.1) is 10.2 Å². The van der Waals surface area contributed by atoms with Crippen molar-refractivity contribution in [2.75, 3.05) is 7.11 Å². The Bertz CT molecular complexity index is 572. The zero-order valence-corrected chi connectivity index (χ0v) is 9.51. The Labute approximate surface area is 98.7 Å². The summed E-state index contributed by atoms with van der Waals surface area (Å²) in [7, 11) is 1.60. The normalized spacial score (nSPS) is 9.71. The van der Waals surface area contributed by atoms with E-state index in [2.05, 4.69) is 15.2 Å². The largest absolute Gasteiger partial charge is 0.497 e. The predicted octanol–water partition coefficient (Wildman–Crippen LogP) is 1.73. The second kappa shape index (κ2) is 4.58. The van der Waals surface area contributed by atoms with Crippen molar-refractivity contribution in [2.45, 2.75) is 6.92 Å². The lowest BCUT2D eigenvalue weighted by atomic mass is 10.1. The van der Waals surface area contributed by atoms with Gasteiger partial charge >= 0.3 is 0 Å². The minimum Gasteiger partial charge on any atom is -0.497 e. The van der Waals surface area contributed by atoms with Crippen LogP contribution < -0.4 is 4.74 Å². The van der Waals surface area contributed by atoms with Crippen LogP contribution >= 0.6 is 0 Å². The molecule has 5 nitrogen and oxygen atoms in total. The van der Waals surface area contributed by atoms with Crippen molar-refractivity contribution in [3.8, 4) is 23.1 Å². The van der Waals surface area contributed by atoms with Gasteiger partial charge in [-0.25, -0.2) is 4.98 Å². The second-order valence-corrected chi connectivity index (χ2v) is 3.40. The number of ether oxygens (including phenoxy) is 1. The third-order valence-corrected chi connectivity index (χ3v) is 2.26. The molecule has 5 heteroatoms. The standard InChI is InChI=1S/C12H10N4O/c1-8-14-11(7-13)12(16-15-8)9-3-5-10(17-2)6-4-9/h3-6H,1-2H3. The fourth-order valence-corrected chi connectivity index (χ4v) is 1.43. The maximum Gasteiger partial charge on any atom is 0.170 e. The lowest BCUT2D eigenvalue weighted by molar-refractivity contribution is 0.415. The number of benzene rings is 1. The minimum absolute atomic E-state index is 0.280. The number of aromatic nitrogens is 3. The lowest BCUT2D eigenvalue weighted by Gasteiger charge is -2.03. The van der Waals surface area contributed by atoms with Gasteiger partial charge in [0.05, 0.1) is 7.11 Å².